The van der Waals surface area contributed by atoms with Gasteiger partial charge in [0.15, 0.2) is 11.5 Å². The zero-order valence-electron chi connectivity index (χ0n) is 20.2. The molecule has 7 heteroatoms. The number of hydrogen-bond acceptors (Lipinski definition) is 6. The zero-order chi connectivity index (χ0) is 24.4. The highest BCUT2D eigenvalue weighted by molar-refractivity contribution is 5.99. The van der Waals surface area contributed by atoms with E-state index in [0.717, 1.165) is 50.5 Å². The van der Waals surface area contributed by atoms with Crippen molar-refractivity contribution in [3.63, 3.8) is 0 Å². The van der Waals surface area contributed by atoms with Gasteiger partial charge in [0.25, 0.3) is 0 Å². The normalized spacial score (nSPS) is 11.1. The summed E-state index contributed by atoms with van der Waals surface area (Å²) in [5, 5.41) is 10.1. The smallest absolute Gasteiger partial charge is 0.162 e. The molecule has 178 valence electrons. The monoisotopic (exact) mass is 469 g/mol. The fraction of sp³-hybridized carbons (Fsp3) is 0.214. The molecule has 0 aliphatic carbocycles. The van der Waals surface area contributed by atoms with Gasteiger partial charge in [-0.3, -0.25) is 0 Å². The molecule has 0 unspecified atom stereocenters. The first-order valence-corrected chi connectivity index (χ1v) is 11.4. The molecule has 0 saturated heterocycles. The van der Waals surface area contributed by atoms with Crippen molar-refractivity contribution in [1.82, 2.24) is 14.8 Å². The van der Waals surface area contributed by atoms with Gasteiger partial charge >= 0.3 is 0 Å². The molecule has 0 bridgehead atoms. The van der Waals surface area contributed by atoms with Crippen LogP contribution in [-0.2, 0) is 6.54 Å². The molecular weight excluding hydrogens is 442 g/mol. The van der Waals surface area contributed by atoms with Gasteiger partial charge in [-0.1, -0.05) is 12.1 Å². The maximum atomic E-state index is 5.60. The SMILES string of the molecule is CCOc1ccc(-c2nnc3c4cc(OC)c(OC)cc4n(Cc4ccc(OC)cc4)cc2-3)cc1. The molecule has 0 aromatic heterocycles. The average Bonchev–Trinajstić information content (AvgIpc) is 3.33. The summed E-state index contributed by atoms with van der Waals surface area (Å²) in [6, 6.07) is 20.0. The summed E-state index contributed by atoms with van der Waals surface area (Å²) < 4.78 is 24.3. The van der Waals surface area contributed by atoms with Crippen LogP contribution in [0.5, 0.6) is 23.0 Å². The Morgan fingerprint density at radius 3 is 2.06 bits per heavy atom. The Morgan fingerprint density at radius 2 is 1.40 bits per heavy atom. The summed E-state index contributed by atoms with van der Waals surface area (Å²) in [5.41, 5.74) is 5.69. The Hall–Kier alpha value is -4.26. The van der Waals surface area contributed by atoms with Crippen molar-refractivity contribution in [1.29, 1.82) is 0 Å². The van der Waals surface area contributed by atoms with Crippen LogP contribution in [0.2, 0.25) is 0 Å². The standard InChI is InChI=1S/C28H27N3O4/c1-5-35-21-12-8-19(9-13-21)27-23-17-31(16-18-6-10-20(32-2)11-7-18)24-15-26(34-4)25(33-3)14-22(24)28(23)30-29-27/h6-15,17H,5,16H2,1-4H3. The van der Waals surface area contributed by atoms with Crippen LogP contribution in [0.25, 0.3) is 33.4 Å². The number of methoxy groups -OCH3 is 3. The third-order valence-corrected chi connectivity index (χ3v) is 6.06. The van der Waals surface area contributed by atoms with Gasteiger partial charge in [-0.15, -0.1) is 10.2 Å². The van der Waals surface area contributed by atoms with E-state index in [9.17, 15) is 0 Å². The molecule has 35 heavy (non-hydrogen) atoms. The lowest BCUT2D eigenvalue weighted by Crippen LogP contribution is -2.05. The van der Waals surface area contributed by atoms with E-state index in [1.165, 1.54) is 0 Å². The largest absolute Gasteiger partial charge is 0.497 e. The maximum Gasteiger partial charge on any atom is 0.162 e. The molecule has 7 nitrogen and oxygen atoms in total. The summed E-state index contributed by atoms with van der Waals surface area (Å²) in [4.78, 5) is 0. The van der Waals surface area contributed by atoms with Crippen molar-refractivity contribution in [3.05, 3.63) is 72.4 Å². The number of hydrogen-bond donors (Lipinski definition) is 0. The van der Waals surface area contributed by atoms with Crippen LogP contribution in [0.15, 0.2) is 66.9 Å². The lowest BCUT2D eigenvalue weighted by atomic mass is 10.0. The fourth-order valence-corrected chi connectivity index (χ4v) is 4.31. The van der Waals surface area contributed by atoms with Gasteiger partial charge in [-0.2, -0.15) is 0 Å². The van der Waals surface area contributed by atoms with Crippen LogP contribution in [0.1, 0.15) is 12.5 Å². The van der Waals surface area contributed by atoms with Crippen molar-refractivity contribution in [2.75, 3.05) is 27.9 Å². The van der Waals surface area contributed by atoms with E-state index in [0.29, 0.717) is 24.7 Å². The first kappa shape index (κ1) is 22.5. The molecule has 0 spiro atoms. The summed E-state index contributed by atoms with van der Waals surface area (Å²) in [7, 11) is 4.95. The molecule has 0 N–H and O–H groups in total. The van der Waals surface area contributed by atoms with Crippen LogP contribution < -0.4 is 18.9 Å². The summed E-state index contributed by atoms with van der Waals surface area (Å²) >= 11 is 0. The molecule has 0 saturated carbocycles. The van der Waals surface area contributed by atoms with Gasteiger partial charge in [0.05, 0.1) is 33.5 Å². The summed E-state index contributed by atoms with van der Waals surface area (Å²) in [6.45, 7) is 3.25. The van der Waals surface area contributed by atoms with Gasteiger partial charge in [0, 0.05) is 35.3 Å². The van der Waals surface area contributed by atoms with Crippen LogP contribution in [0.3, 0.4) is 0 Å². The number of benzene rings is 3. The van der Waals surface area contributed by atoms with Crippen LogP contribution in [0.4, 0.5) is 0 Å². The Bertz CT molecular complexity index is 1430. The minimum Gasteiger partial charge on any atom is -0.497 e. The molecular formula is C28H27N3O4. The molecule has 2 heterocycles. The fourth-order valence-electron chi connectivity index (χ4n) is 4.31. The molecule has 0 fully saturated rings. The molecule has 5 rings (SSSR count). The summed E-state index contributed by atoms with van der Waals surface area (Å²) in [5.74, 6) is 2.97. The Morgan fingerprint density at radius 1 is 0.743 bits per heavy atom. The van der Waals surface area contributed by atoms with Gasteiger partial charge in [0.1, 0.15) is 22.9 Å². The minimum atomic E-state index is 0.626. The van der Waals surface area contributed by atoms with Crippen LogP contribution in [0, 0.1) is 0 Å². The van der Waals surface area contributed by atoms with E-state index in [2.05, 4.69) is 33.1 Å². The molecule has 0 atom stereocenters. The highest BCUT2D eigenvalue weighted by Gasteiger charge is 2.22. The van der Waals surface area contributed by atoms with Gasteiger partial charge in [-0.25, -0.2) is 0 Å². The van der Waals surface area contributed by atoms with E-state index in [1.807, 2.05) is 55.5 Å². The number of aromatic nitrogens is 3. The van der Waals surface area contributed by atoms with Crippen LogP contribution >= 0.6 is 0 Å². The lowest BCUT2D eigenvalue weighted by Gasteiger charge is -2.18. The van der Waals surface area contributed by atoms with Crippen molar-refractivity contribution in [2.24, 2.45) is 0 Å². The third kappa shape index (κ3) is 4.21. The second-order valence-electron chi connectivity index (χ2n) is 8.10. The molecule has 3 aromatic carbocycles. The Balaban J connectivity index is 1.69. The van der Waals surface area contributed by atoms with Crippen molar-refractivity contribution < 1.29 is 18.9 Å². The molecule has 0 amide bonds. The van der Waals surface area contributed by atoms with E-state index in [1.54, 1.807) is 21.3 Å². The van der Waals surface area contributed by atoms with E-state index < -0.39 is 0 Å². The highest BCUT2D eigenvalue weighted by atomic mass is 16.5. The van der Waals surface area contributed by atoms with E-state index in [-0.39, 0.29) is 0 Å². The molecule has 3 aromatic rings. The number of fused-ring (bicyclic) bond motifs is 3. The van der Waals surface area contributed by atoms with E-state index in [4.69, 9.17) is 18.9 Å². The van der Waals surface area contributed by atoms with Crippen molar-refractivity contribution in [3.8, 4) is 45.5 Å². The first-order chi connectivity index (χ1) is 17.1. The number of pyridine rings is 1. The zero-order valence-corrected chi connectivity index (χ0v) is 20.2. The van der Waals surface area contributed by atoms with Gasteiger partial charge in [0.2, 0.25) is 0 Å². The predicted octanol–water partition coefficient (Wildman–Crippen LogP) is 5.68. The van der Waals surface area contributed by atoms with Crippen molar-refractivity contribution in [2.45, 2.75) is 13.5 Å². The second-order valence-corrected chi connectivity index (χ2v) is 8.10. The third-order valence-electron chi connectivity index (χ3n) is 6.06. The number of nitrogens with zero attached hydrogens (tertiary/aromatic N) is 3. The number of ether oxygens (including phenoxy) is 4. The first-order valence-electron chi connectivity index (χ1n) is 11.4. The van der Waals surface area contributed by atoms with E-state index >= 15 is 0 Å². The Kier molecular flexibility index (Phi) is 6.14. The topological polar surface area (TPSA) is 67.6 Å². The lowest BCUT2D eigenvalue weighted by molar-refractivity contribution is 0.340. The quantitative estimate of drug-likeness (QED) is 0.291. The molecule has 2 aliphatic rings. The predicted molar refractivity (Wildman–Crippen MR) is 136 cm³/mol. The van der Waals surface area contributed by atoms with Crippen LogP contribution in [-0.4, -0.2) is 42.7 Å². The maximum absolute atomic E-state index is 5.60. The molecule has 2 aliphatic heterocycles. The van der Waals surface area contributed by atoms with Gasteiger partial charge in [-0.05, 0) is 55.0 Å². The van der Waals surface area contributed by atoms with Crippen molar-refractivity contribution >= 4 is 10.9 Å². The highest BCUT2D eigenvalue weighted by Crippen LogP contribution is 2.41. The summed E-state index contributed by atoms with van der Waals surface area (Å²) in [6.07, 6.45) is 2.11. The molecule has 0 radical (unpaired) electrons. The minimum absolute atomic E-state index is 0.626. The van der Waals surface area contributed by atoms with Gasteiger partial charge < -0.3 is 23.5 Å². The average molecular weight is 470 g/mol. The number of rotatable bonds is 8. The Labute approximate surface area is 204 Å². The second kappa shape index (κ2) is 9.54.